The van der Waals surface area contributed by atoms with Crippen molar-refractivity contribution in [2.24, 2.45) is 10.4 Å². The molecule has 0 bridgehead atoms. The maximum absolute atomic E-state index is 11.2. The van der Waals surface area contributed by atoms with Crippen LogP contribution >= 0.6 is 11.8 Å². The number of fused-ring (bicyclic) bond motifs is 1. The van der Waals surface area contributed by atoms with Gasteiger partial charge in [-0.3, -0.25) is 4.99 Å². The zero-order valence-corrected chi connectivity index (χ0v) is 14.5. The molecule has 0 radical (unpaired) electrons. The van der Waals surface area contributed by atoms with Gasteiger partial charge in [-0.1, -0.05) is 31.5 Å². The first-order valence-corrected chi connectivity index (χ1v) is 8.82. The highest BCUT2D eigenvalue weighted by Gasteiger charge is 2.36. The fourth-order valence-corrected chi connectivity index (χ4v) is 4.16. The van der Waals surface area contributed by atoms with Gasteiger partial charge in [0, 0.05) is 22.0 Å². The Labute approximate surface area is 141 Å². The lowest BCUT2D eigenvalue weighted by Crippen LogP contribution is -2.34. The van der Waals surface area contributed by atoms with Crippen molar-refractivity contribution in [1.82, 2.24) is 0 Å². The third-order valence-corrected chi connectivity index (χ3v) is 5.42. The Balaban J connectivity index is 1.94. The second kappa shape index (κ2) is 6.04. The lowest BCUT2D eigenvalue weighted by Gasteiger charge is -2.36. The summed E-state index contributed by atoms with van der Waals surface area (Å²) in [6.45, 7) is 6.49. The van der Waals surface area contributed by atoms with Crippen molar-refractivity contribution >= 4 is 29.1 Å². The van der Waals surface area contributed by atoms with Crippen LogP contribution in [0.1, 0.15) is 32.3 Å². The van der Waals surface area contributed by atoms with Crippen LogP contribution in [0.3, 0.4) is 0 Å². The highest BCUT2D eigenvalue weighted by Crippen LogP contribution is 2.43. The van der Waals surface area contributed by atoms with Gasteiger partial charge in [0.15, 0.2) is 6.04 Å². The standard InChI is InChI=1S/C18H22N2O2S/c1-11-4-6-12(7-5-11)19-13-8-18(2,3)9-14-16(13)23-10-15(20-14)17(21)22/h4-7,15,19H,8-10H2,1-3H3,(H,21,22). The summed E-state index contributed by atoms with van der Waals surface area (Å²) in [7, 11) is 0. The number of hydrogen-bond donors (Lipinski definition) is 2. The molecule has 5 heteroatoms. The Kier molecular flexibility index (Phi) is 4.23. The van der Waals surface area contributed by atoms with Gasteiger partial charge >= 0.3 is 5.97 Å². The van der Waals surface area contributed by atoms with E-state index in [0.29, 0.717) is 5.75 Å². The van der Waals surface area contributed by atoms with E-state index in [4.69, 9.17) is 0 Å². The van der Waals surface area contributed by atoms with Gasteiger partial charge in [-0.25, -0.2) is 4.79 Å². The average Bonchev–Trinajstić information content (AvgIpc) is 2.47. The molecule has 2 N–H and O–H groups in total. The van der Waals surface area contributed by atoms with Crippen LogP contribution in [-0.4, -0.2) is 28.6 Å². The zero-order valence-electron chi connectivity index (χ0n) is 13.7. The fourth-order valence-electron chi connectivity index (χ4n) is 3.03. The molecule has 0 aromatic heterocycles. The van der Waals surface area contributed by atoms with Gasteiger partial charge in [-0.05, 0) is 37.3 Å². The summed E-state index contributed by atoms with van der Waals surface area (Å²) in [5.74, 6) is -0.325. The van der Waals surface area contributed by atoms with E-state index in [1.165, 1.54) is 5.56 Å². The number of aliphatic imine (C=N–C) groups is 1. The van der Waals surface area contributed by atoms with Crippen molar-refractivity contribution in [2.45, 2.75) is 39.7 Å². The molecule has 1 heterocycles. The summed E-state index contributed by atoms with van der Waals surface area (Å²) in [5.41, 5.74) is 4.49. The quantitative estimate of drug-likeness (QED) is 0.876. The molecule has 1 unspecified atom stereocenters. The monoisotopic (exact) mass is 330 g/mol. The lowest BCUT2D eigenvalue weighted by atomic mass is 9.78. The maximum Gasteiger partial charge on any atom is 0.329 e. The smallest absolute Gasteiger partial charge is 0.329 e. The Hall–Kier alpha value is -1.75. The van der Waals surface area contributed by atoms with Crippen molar-refractivity contribution in [2.75, 3.05) is 11.1 Å². The molecule has 4 nitrogen and oxygen atoms in total. The first-order valence-electron chi connectivity index (χ1n) is 7.83. The van der Waals surface area contributed by atoms with E-state index < -0.39 is 12.0 Å². The highest BCUT2D eigenvalue weighted by atomic mass is 32.2. The number of nitrogens with zero attached hydrogens (tertiary/aromatic N) is 1. The van der Waals surface area contributed by atoms with Crippen LogP contribution in [0.4, 0.5) is 5.69 Å². The molecule has 1 atom stereocenters. The molecule has 0 saturated heterocycles. The summed E-state index contributed by atoms with van der Waals surface area (Å²) in [5, 5.41) is 12.8. The summed E-state index contributed by atoms with van der Waals surface area (Å²) >= 11 is 1.62. The molecule has 1 aromatic carbocycles. The average molecular weight is 330 g/mol. The molecule has 0 saturated carbocycles. The number of benzene rings is 1. The van der Waals surface area contributed by atoms with Crippen LogP contribution in [0.2, 0.25) is 0 Å². The number of allylic oxidation sites excluding steroid dienone is 2. The van der Waals surface area contributed by atoms with Gasteiger partial charge in [-0.2, -0.15) is 0 Å². The number of rotatable bonds is 3. The summed E-state index contributed by atoms with van der Waals surface area (Å²) in [6, 6.07) is 7.72. The number of anilines is 1. The van der Waals surface area contributed by atoms with E-state index in [1.807, 2.05) is 0 Å². The molecule has 1 aliphatic carbocycles. The van der Waals surface area contributed by atoms with Crippen molar-refractivity contribution in [3.63, 3.8) is 0 Å². The van der Waals surface area contributed by atoms with E-state index in [1.54, 1.807) is 11.8 Å². The number of carboxylic acid groups (broad SMARTS) is 1. The van der Waals surface area contributed by atoms with Crippen LogP contribution in [0.15, 0.2) is 39.9 Å². The van der Waals surface area contributed by atoms with Crippen molar-refractivity contribution in [3.8, 4) is 0 Å². The Morgan fingerprint density at radius 1 is 1.30 bits per heavy atom. The minimum Gasteiger partial charge on any atom is -0.480 e. The summed E-state index contributed by atoms with van der Waals surface area (Å²) < 4.78 is 0. The number of carbonyl (C=O) groups is 1. The SMILES string of the molecule is Cc1ccc(NC2=C3SCC(C(=O)O)N=C3CC(C)(C)C2)cc1. The van der Waals surface area contributed by atoms with E-state index >= 15 is 0 Å². The fraction of sp³-hybridized carbons (Fsp3) is 0.444. The van der Waals surface area contributed by atoms with Crippen molar-refractivity contribution in [1.29, 1.82) is 0 Å². The van der Waals surface area contributed by atoms with Gasteiger partial charge in [0.1, 0.15) is 0 Å². The molecule has 0 amide bonds. The molecule has 0 spiro atoms. The topological polar surface area (TPSA) is 61.7 Å². The number of hydrogen-bond acceptors (Lipinski definition) is 4. The minimum absolute atomic E-state index is 0.0797. The number of nitrogens with one attached hydrogen (secondary N) is 1. The molecule has 1 aliphatic heterocycles. The molecular formula is C18H22N2O2S. The number of aryl methyl sites for hydroxylation is 1. The molecule has 122 valence electrons. The molecule has 2 aliphatic rings. The largest absolute Gasteiger partial charge is 0.480 e. The van der Waals surface area contributed by atoms with Crippen LogP contribution < -0.4 is 5.32 Å². The third-order valence-electron chi connectivity index (χ3n) is 4.17. The van der Waals surface area contributed by atoms with E-state index in [-0.39, 0.29) is 5.41 Å². The highest BCUT2D eigenvalue weighted by molar-refractivity contribution is 8.04. The van der Waals surface area contributed by atoms with E-state index in [0.717, 1.165) is 34.8 Å². The van der Waals surface area contributed by atoms with Gasteiger partial charge in [-0.15, -0.1) is 11.8 Å². The summed E-state index contributed by atoms with van der Waals surface area (Å²) in [4.78, 5) is 16.9. The predicted molar refractivity (Wildman–Crippen MR) is 96.2 cm³/mol. The third kappa shape index (κ3) is 3.61. The van der Waals surface area contributed by atoms with Gasteiger partial charge in [0.05, 0.1) is 5.71 Å². The number of carboxylic acids is 1. The van der Waals surface area contributed by atoms with Gasteiger partial charge < -0.3 is 10.4 Å². The molecule has 23 heavy (non-hydrogen) atoms. The lowest BCUT2D eigenvalue weighted by molar-refractivity contribution is -0.137. The normalized spacial score (nSPS) is 23.1. The number of aliphatic carboxylic acids is 1. The molecular weight excluding hydrogens is 308 g/mol. The Morgan fingerprint density at radius 2 is 2.00 bits per heavy atom. The Morgan fingerprint density at radius 3 is 2.65 bits per heavy atom. The van der Waals surface area contributed by atoms with Crippen molar-refractivity contribution in [3.05, 3.63) is 40.4 Å². The van der Waals surface area contributed by atoms with Crippen molar-refractivity contribution < 1.29 is 9.90 Å². The zero-order chi connectivity index (χ0) is 16.6. The first kappa shape index (κ1) is 16.1. The van der Waals surface area contributed by atoms with Crippen LogP contribution in [0.25, 0.3) is 0 Å². The van der Waals surface area contributed by atoms with E-state index in [9.17, 15) is 9.90 Å². The van der Waals surface area contributed by atoms with Gasteiger partial charge in [0.25, 0.3) is 0 Å². The first-order chi connectivity index (χ1) is 10.8. The summed E-state index contributed by atoms with van der Waals surface area (Å²) in [6.07, 6.45) is 1.78. The Bertz CT molecular complexity index is 689. The van der Waals surface area contributed by atoms with Gasteiger partial charge in [0.2, 0.25) is 0 Å². The second-order valence-corrected chi connectivity index (χ2v) is 8.09. The van der Waals surface area contributed by atoms with E-state index in [2.05, 4.69) is 55.3 Å². The predicted octanol–water partition coefficient (Wildman–Crippen LogP) is 4.08. The maximum atomic E-state index is 11.2. The van der Waals surface area contributed by atoms with Crippen LogP contribution in [0.5, 0.6) is 0 Å². The van der Waals surface area contributed by atoms with Crippen LogP contribution in [-0.2, 0) is 4.79 Å². The molecule has 0 fully saturated rings. The molecule has 3 rings (SSSR count). The molecule has 1 aromatic rings. The second-order valence-electron chi connectivity index (χ2n) is 7.06. The number of thioether (sulfide) groups is 1. The minimum atomic E-state index is -0.833. The van der Waals surface area contributed by atoms with Crippen LogP contribution in [0, 0.1) is 12.3 Å².